The molecule has 1 unspecified atom stereocenters. The molecule has 0 radical (unpaired) electrons. The molecule has 1 amide bonds. The topological polar surface area (TPSA) is 117 Å². The van der Waals surface area contributed by atoms with Crippen LogP contribution in [0.15, 0.2) is 24.4 Å². The number of carboxylic acid groups (broad SMARTS) is 1. The van der Waals surface area contributed by atoms with Crippen LogP contribution in [0.5, 0.6) is 5.75 Å². The van der Waals surface area contributed by atoms with Crippen LogP contribution in [0, 0.1) is 17.8 Å². The zero-order valence-electron chi connectivity index (χ0n) is 30.3. The number of fused-ring (bicyclic) bond motifs is 2. The number of carboxylic acids is 1. The maximum Gasteiger partial charge on any atom is 0.330 e. The first-order valence-electron chi connectivity index (χ1n) is 19.4. The van der Waals surface area contributed by atoms with Gasteiger partial charge in [-0.1, -0.05) is 0 Å². The first-order chi connectivity index (χ1) is 25.6. The van der Waals surface area contributed by atoms with Crippen LogP contribution < -0.4 is 15.0 Å². The lowest BCUT2D eigenvalue weighted by atomic mass is 9.47. The molecule has 2 aromatic rings. The molecule has 292 valence electrons. The van der Waals surface area contributed by atoms with Gasteiger partial charge in [0.2, 0.25) is 5.95 Å². The minimum atomic E-state index is -3.58. The molecule has 15 heteroatoms. The Balaban J connectivity index is 0.977. The Morgan fingerprint density at radius 3 is 2.30 bits per heavy atom. The van der Waals surface area contributed by atoms with Crippen molar-refractivity contribution >= 4 is 23.5 Å². The van der Waals surface area contributed by atoms with Crippen LogP contribution in [-0.2, 0) is 20.9 Å². The van der Waals surface area contributed by atoms with Crippen LogP contribution in [0.4, 0.5) is 33.6 Å². The van der Waals surface area contributed by atoms with Crippen molar-refractivity contribution in [2.24, 2.45) is 17.8 Å². The number of hydrogen-bond acceptors (Lipinski definition) is 8. The van der Waals surface area contributed by atoms with Gasteiger partial charge >= 0.3 is 5.97 Å². The highest BCUT2D eigenvalue weighted by molar-refractivity contribution is 5.99. The molecule has 2 N–H and O–H groups in total. The van der Waals surface area contributed by atoms with Crippen LogP contribution in [0.25, 0.3) is 0 Å². The molecule has 4 heterocycles. The predicted molar refractivity (Wildman–Crippen MR) is 185 cm³/mol. The molecular formula is C39H46F5N5O5. The molecule has 7 fully saturated rings. The first-order valence-corrected chi connectivity index (χ1v) is 19.4. The van der Waals surface area contributed by atoms with E-state index in [1.807, 2.05) is 23.1 Å². The van der Waals surface area contributed by atoms with E-state index >= 15 is 13.2 Å². The number of benzene rings is 1. The highest BCUT2D eigenvalue weighted by Gasteiger charge is 2.67. The number of carbonyl (C=O) groups excluding carboxylic acids is 1. The normalized spacial score (nSPS) is 35.1. The predicted octanol–water partition coefficient (Wildman–Crippen LogP) is 6.53. The number of likely N-dealkylation sites (tertiary alicyclic amines) is 1. The fourth-order valence-corrected chi connectivity index (χ4v) is 11.4. The van der Waals surface area contributed by atoms with Gasteiger partial charge in [0.1, 0.15) is 22.7 Å². The van der Waals surface area contributed by atoms with Crippen LogP contribution in [0.1, 0.15) is 99.2 Å². The molecule has 5 atom stereocenters. The summed E-state index contributed by atoms with van der Waals surface area (Å²) in [5, 5.41) is 13.1. The van der Waals surface area contributed by atoms with Crippen molar-refractivity contribution in [3.8, 4) is 5.75 Å². The molecule has 54 heavy (non-hydrogen) atoms. The van der Waals surface area contributed by atoms with E-state index in [1.165, 1.54) is 0 Å². The molecule has 1 spiro atoms. The second-order valence-corrected chi connectivity index (χ2v) is 17.4. The number of hydrogen-bond donors (Lipinski definition) is 2. The summed E-state index contributed by atoms with van der Waals surface area (Å²) in [5.41, 5.74) is -3.27. The summed E-state index contributed by atoms with van der Waals surface area (Å²) in [5.74, 6) is -9.07. The molecule has 2 saturated heterocycles. The smallest absolute Gasteiger partial charge is 0.330 e. The third-order valence-corrected chi connectivity index (χ3v) is 13.8. The zero-order chi connectivity index (χ0) is 37.8. The SMILES string of the molecule is CC(F)(F)c1nc(N2CC3(CCOCC3)c3cc(O[C@H]4CC[C@H](N5CC(F)(F)C5)CC4)ccc32)ncc1C(=O)N[C@]1(C(=O)O)[C@@H]2CC3C[C@H]1C[C@@](F)(C3)C2. The number of aromatic nitrogens is 2. The number of amides is 1. The first kappa shape index (κ1) is 36.1. The van der Waals surface area contributed by atoms with Crippen molar-refractivity contribution in [1.29, 1.82) is 0 Å². The lowest BCUT2D eigenvalue weighted by molar-refractivity contribution is -0.174. The Labute approximate surface area is 310 Å². The van der Waals surface area contributed by atoms with E-state index in [1.54, 1.807) is 4.90 Å². The largest absolute Gasteiger partial charge is 0.490 e. The molecular weight excluding hydrogens is 713 g/mol. The van der Waals surface area contributed by atoms with Crippen LogP contribution in [0.3, 0.4) is 0 Å². The molecule has 5 aliphatic carbocycles. The standard InChI is InChI=1S/C39H46F5N5O5/c1-35(40,41)31-28(32(50)47-39(33(51)52)23-12-22-13-24(39)17-37(42,15-22)16-23)18-45-34(46-31)49-19-36(8-10-53-11-9-36)29-14-27(6-7-30(29)49)54-26-4-2-25(3-5-26)48-20-38(43,44)21-48/h6-7,14,18,22-26H,2-5,8-13,15-17,19-21H2,1H3,(H,47,50)(H,51,52)/t22?,23-,24+,25-,26-,37-,39-. The van der Waals surface area contributed by atoms with Crippen LogP contribution >= 0.6 is 0 Å². The Kier molecular flexibility index (Phi) is 8.32. The number of carbonyl (C=O) groups is 2. The highest BCUT2D eigenvalue weighted by Crippen LogP contribution is 2.61. The Morgan fingerprint density at radius 1 is 1.00 bits per heavy atom. The van der Waals surface area contributed by atoms with Gasteiger partial charge in [-0.2, -0.15) is 8.78 Å². The van der Waals surface area contributed by atoms with Gasteiger partial charge in [-0.25, -0.2) is 27.9 Å². The zero-order valence-corrected chi connectivity index (χ0v) is 30.3. The molecule has 1 aromatic carbocycles. The number of nitrogens with one attached hydrogen (secondary N) is 1. The molecule has 3 aliphatic heterocycles. The second kappa shape index (κ2) is 12.5. The number of nitrogens with zero attached hydrogens (tertiary/aromatic N) is 4. The third kappa shape index (κ3) is 5.93. The van der Waals surface area contributed by atoms with Crippen LogP contribution in [-0.4, -0.2) is 94.0 Å². The average Bonchev–Trinajstić information content (AvgIpc) is 3.40. The summed E-state index contributed by atoms with van der Waals surface area (Å²) < 4.78 is 85.4. The molecule has 1 aromatic heterocycles. The lowest BCUT2D eigenvalue weighted by Gasteiger charge is -2.61. The Morgan fingerprint density at radius 2 is 1.69 bits per heavy atom. The van der Waals surface area contributed by atoms with Gasteiger partial charge in [0.05, 0.1) is 24.8 Å². The monoisotopic (exact) mass is 759 g/mol. The molecule has 10 nitrogen and oxygen atoms in total. The Bertz CT molecular complexity index is 1820. The minimum absolute atomic E-state index is 0.0103. The summed E-state index contributed by atoms with van der Waals surface area (Å²) in [7, 11) is 0. The van der Waals surface area contributed by atoms with E-state index in [-0.39, 0.29) is 49.9 Å². The van der Waals surface area contributed by atoms with Crippen molar-refractivity contribution < 1.29 is 46.1 Å². The summed E-state index contributed by atoms with van der Waals surface area (Å²) in [6.07, 6.45) is 6.73. The van der Waals surface area contributed by atoms with Gasteiger partial charge in [-0.05, 0) is 112 Å². The number of anilines is 2. The van der Waals surface area contributed by atoms with Crippen molar-refractivity contribution in [2.75, 3.05) is 37.7 Å². The van der Waals surface area contributed by atoms with Crippen molar-refractivity contribution in [1.82, 2.24) is 20.2 Å². The summed E-state index contributed by atoms with van der Waals surface area (Å²) in [6, 6.07) is 5.84. The van der Waals surface area contributed by atoms with E-state index < -0.39 is 63.4 Å². The lowest BCUT2D eigenvalue weighted by Crippen LogP contribution is -2.72. The highest BCUT2D eigenvalue weighted by atomic mass is 19.3. The summed E-state index contributed by atoms with van der Waals surface area (Å²) in [4.78, 5) is 39.2. The molecule has 4 bridgehead atoms. The van der Waals surface area contributed by atoms with E-state index in [0.29, 0.717) is 64.5 Å². The maximum atomic E-state index is 15.5. The van der Waals surface area contributed by atoms with Crippen molar-refractivity contribution in [3.05, 3.63) is 41.2 Å². The van der Waals surface area contributed by atoms with E-state index in [0.717, 1.165) is 43.1 Å². The van der Waals surface area contributed by atoms with Crippen LogP contribution in [0.2, 0.25) is 0 Å². The quantitative estimate of drug-likeness (QED) is 0.290. The summed E-state index contributed by atoms with van der Waals surface area (Å²) in [6.45, 7) is 1.69. The van der Waals surface area contributed by atoms with Gasteiger partial charge in [-0.15, -0.1) is 0 Å². The van der Waals surface area contributed by atoms with E-state index in [4.69, 9.17) is 9.47 Å². The van der Waals surface area contributed by atoms with Crippen molar-refractivity contribution in [2.45, 2.75) is 118 Å². The van der Waals surface area contributed by atoms with Gasteiger partial charge in [0.25, 0.3) is 17.8 Å². The average molecular weight is 760 g/mol. The van der Waals surface area contributed by atoms with E-state index in [9.17, 15) is 23.5 Å². The molecule has 5 saturated carbocycles. The second-order valence-electron chi connectivity index (χ2n) is 17.4. The summed E-state index contributed by atoms with van der Waals surface area (Å²) >= 11 is 0. The number of halogens is 5. The van der Waals surface area contributed by atoms with Gasteiger partial charge in [-0.3, -0.25) is 9.69 Å². The number of aliphatic carboxylic acids is 1. The molecule has 10 rings (SSSR count). The van der Waals surface area contributed by atoms with Crippen molar-refractivity contribution in [3.63, 3.8) is 0 Å². The van der Waals surface area contributed by atoms with Gasteiger partial charge in [0.15, 0.2) is 0 Å². The number of alkyl halides is 5. The maximum absolute atomic E-state index is 15.5. The number of rotatable bonds is 8. The van der Waals surface area contributed by atoms with E-state index in [2.05, 4.69) is 15.3 Å². The molecule has 8 aliphatic rings. The van der Waals surface area contributed by atoms with Gasteiger partial charge < -0.3 is 24.8 Å². The third-order valence-electron chi connectivity index (χ3n) is 13.8. The Hall–Kier alpha value is -3.59. The van der Waals surface area contributed by atoms with Gasteiger partial charge in [0, 0.05) is 50.0 Å². The fourth-order valence-electron chi connectivity index (χ4n) is 11.4. The minimum Gasteiger partial charge on any atom is -0.490 e. The number of ether oxygens (including phenoxy) is 2. The fraction of sp³-hybridized carbons (Fsp3) is 0.692.